The monoisotopic (exact) mass is 432 g/mol. The summed E-state index contributed by atoms with van der Waals surface area (Å²) in [4.78, 5) is 35.8. The van der Waals surface area contributed by atoms with Crippen molar-refractivity contribution in [3.63, 3.8) is 0 Å². The molecule has 30 heavy (non-hydrogen) atoms. The molecule has 0 aliphatic rings. The van der Waals surface area contributed by atoms with Crippen molar-refractivity contribution in [2.24, 2.45) is 0 Å². The summed E-state index contributed by atoms with van der Waals surface area (Å²) in [5.41, 5.74) is 1.12. The van der Waals surface area contributed by atoms with E-state index >= 15 is 0 Å². The second kappa shape index (κ2) is 11.1. The molecule has 0 saturated heterocycles. The minimum absolute atomic E-state index is 0.328. The number of hydrogen-bond donors (Lipinski definition) is 2. The molecule has 2 N–H and O–H groups in total. The van der Waals surface area contributed by atoms with Gasteiger partial charge in [0.2, 0.25) is 11.8 Å². The number of carbonyl (C=O) groups is 3. The molecule has 2 aromatic rings. The third-order valence-electron chi connectivity index (χ3n) is 3.89. The van der Waals surface area contributed by atoms with E-state index in [9.17, 15) is 22.8 Å². The third-order valence-corrected chi connectivity index (χ3v) is 5.30. The summed E-state index contributed by atoms with van der Waals surface area (Å²) in [6.07, 6.45) is 1.69. The Morgan fingerprint density at radius 2 is 1.37 bits per heavy atom. The van der Waals surface area contributed by atoms with Crippen LogP contribution in [0.25, 0.3) is 0 Å². The van der Waals surface area contributed by atoms with Crippen molar-refractivity contribution < 1.29 is 27.5 Å². The summed E-state index contributed by atoms with van der Waals surface area (Å²) in [5, 5.41) is 4.90. The van der Waals surface area contributed by atoms with E-state index in [0.29, 0.717) is 23.5 Å². The predicted molar refractivity (Wildman–Crippen MR) is 114 cm³/mol. The fraction of sp³-hybridized carbons (Fsp3) is 0.286. The standard InChI is InChI=1S/C21H24N2O6S/c1-2-3-13-29-21(26)16-9-11-18(12-10-16)23-20(25)15-30(27,28)14-19(24)22-17-7-5-4-6-8-17/h4-12H,2-3,13-15H2,1H3,(H,22,24)(H,23,25). The van der Waals surface area contributed by atoms with Crippen LogP contribution in [-0.4, -0.2) is 44.3 Å². The Labute approximate surface area is 175 Å². The highest BCUT2D eigenvalue weighted by Gasteiger charge is 2.21. The Kier molecular flexibility index (Phi) is 8.54. The van der Waals surface area contributed by atoms with E-state index in [2.05, 4.69) is 10.6 Å². The van der Waals surface area contributed by atoms with Gasteiger partial charge in [-0.3, -0.25) is 9.59 Å². The number of rotatable bonds is 10. The van der Waals surface area contributed by atoms with Crippen molar-refractivity contribution in [1.29, 1.82) is 0 Å². The minimum Gasteiger partial charge on any atom is -0.462 e. The summed E-state index contributed by atoms with van der Waals surface area (Å²) in [6, 6.07) is 14.3. The Morgan fingerprint density at radius 3 is 1.90 bits per heavy atom. The van der Waals surface area contributed by atoms with Gasteiger partial charge in [0.25, 0.3) is 0 Å². The first-order valence-corrected chi connectivity index (χ1v) is 11.2. The van der Waals surface area contributed by atoms with Gasteiger partial charge in [0.05, 0.1) is 12.2 Å². The highest BCUT2D eigenvalue weighted by molar-refractivity contribution is 7.92. The summed E-state index contributed by atoms with van der Waals surface area (Å²) in [6.45, 7) is 2.32. The first-order chi connectivity index (χ1) is 14.3. The molecule has 0 atom stereocenters. The molecule has 8 nitrogen and oxygen atoms in total. The van der Waals surface area contributed by atoms with Crippen LogP contribution in [0.4, 0.5) is 11.4 Å². The molecule has 0 heterocycles. The second-order valence-electron chi connectivity index (χ2n) is 6.56. The number of nitrogens with one attached hydrogen (secondary N) is 2. The lowest BCUT2D eigenvalue weighted by molar-refractivity contribution is -0.114. The maximum absolute atomic E-state index is 12.1. The van der Waals surface area contributed by atoms with Crippen molar-refractivity contribution in [1.82, 2.24) is 0 Å². The Balaban J connectivity index is 1.85. The first-order valence-electron chi connectivity index (χ1n) is 9.41. The molecule has 2 amide bonds. The van der Waals surface area contributed by atoms with E-state index in [1.807, 2.05) is 6.92 Å². The van der Waals surface area contributed by atoms with Crippen LogP contribution in [0, 0.1) is 0 Å². The second-order valence-corrected chi connectivity index (χ2v) is 8.63. The molecular formula is C21H24N2O6S. The van der Waals surface area contributed by atoms with Crippen LogP contribution in [0.5, 0.6) is 0 Å². The fourth-order valence-electron chi connectivity index (χ4n) is 2.45. The molecule has 9 heteroatoms. The molecule has 0 aromatic heterocycles. The summed E-state index contributed by atoms with van der Waals surface area (Å²) in [7, 11) is -3.95. The van der Waals surface area contributed by atoms with Crippen LogP contribution in [0.15, 0.2) is 54.6 Å². The molecule has 0 bridgehead atoms. The minimum atomic E-state index is -3.95. The lowest BCUT2D eigenvalue weighted by atomic mass is 10.2. The van der Waals surface area contributed by atoms with Crippen molar-refractivity contribution in [3.05, 3.63) is 60.2 Å². The van der Waals surface area contributed by atoms with Gasteiger partial charge in [-0.15, -0.1) is 0 Å². The number of unbranched alkanes of at least 4 members (excludes halogenated alkanes) is 1. The zero-order chi connectivity index (χ0) is 22.0. The highest BCUT2D eigenvalue weighted by atomic mass is 32.2. The van der Waals surface area contributed by atoms with E-state index < -0.39 is 39.1 Å². The van der Waals surface area contributed by atoms with Crippen molar-refractivity contribution in [2.75, 3.05) is 28.7 Å². The highest BCUT2D eigenvalue weighted by Crippen LogP contribution is 2.11. The summed E-state index contributed by atoms with van der Waals surface area (Å²) in [5.74, 6) is -3.61. The SMILES string of the molecule is CCCCOC(=O)c1ccc(NC(=O)CS(=O)(=O)CC(=O)Nc2ccccc2)cc1. The van der Waals surface area contributed by atoms with E-state index in [1.54, 1.807) is 30.3 Å². The smallest absolute Gasteiger partial charge is 0.338 e. The number of amides is 2. The molecule has 2 rings (SSSR count). The van der Waals surface area contributed by atoms with Crippen LogP contribution in [0.1, 0.15) is 30.1 Å². The number of anilines is 2. The predicted octanol–water partition coefficient (Wildman–Crippen LogP) is 2.64. The molecule has 2 aromatic carbocycles. The van der Waals surface area contributed by atoms with Crippen LogP contribution in [-0.2, 0) is 24.2 Å². The maximum Gasteiger partial charge on any atom is 0.338 e. The average molecular weight is 432 g/mol. The molecule has 0 unspecified atom stereocenters. The number of carbonyl (C=O) groups excluding carboxylic acids is 3. The zero-order valence-corrected chi connectivity index (χ0v) is 17.4. The van der Waals surface area contributed by atoms with Gasteiger partial charge < -0.3 is 15.4 Å². The molecule has 0 saturated carbocycles. The zero-order valence-electron chi connectivity index (χ0n) is 16.6. The number of esters is 1. The van der Waals surface area contributed by atoms with Crippen LogP contribution >= 0.6 is 0 Å². The molecule has 0 aliphatic heterocycles. The van der Waals surface area contributed by atoms with Gasteiger partial charge in [0, 0.05) is 11.4 Å². The quantitative estimate of drug-likeness (QED) is 0.440. The van der Waals surface area contributed by atoms with Gasteiger partial charge >= 0.3 is 5.97 Å². The van der Waals surface area contributed by atoms with E-state index in [1.165, 1.54) is 24.3 Å². The fourth-order valence-corrected chi connectivity index (χ4v) is 3.49. The molecule has 0 radical (unpaired) electrons. The molecular weight excluding hydrogens is 408 g/mol. The van der Waals surface area contributed by atoms with Gasteiger partial charge in [-0.05, 0) is 42.8 Å². The number of sulfone groups is 1. The summed E-state index contributed by atoms with van der Waals surface area (Å²) >= 11 is 0. The van der Waals surface area contributed by atoms with Gasteiger partial charge in [-0.2, -0.15) is 0 Å². The maximum atomic E-state index is 12.1. The van der Waals surface area contributed by atoms with Gasteiger partial charge in [-0.25, -0.2) is 13.2 Å². The van der Waals surface area contributed by atoms with Crippen LogP contribution in [0.3, 0.4) is 0 Å². The lowest BCUT2D eigenvalue weighted by Crippen LogP contribution is -2.30. The van der Waals surface area contributed by atoms with Gasteiger partial charge in [0.15, 0.2) is 9.84 Å². The molecule has 0 spiro atoms. The Hall–Kier alpha value is -3.20. The molecule has 0 fully saturated rings. The topological polar surface area (TPSA) is 119 Å². The van der Waals surface area contributed by atoms with Crippen LogP contribution in [0.2, 0.25) is 0 Å². The van der Waals surface area contributed by atoms with Gasteiger partial charge in [-0.1, -0.05) is 31.5 Å². The molecule has 0 aliphatic carbocycles. The average Bonchev–Trinajstić information content (AvgIpc) is 2.68. The van der Waals surface area contributed by atoms with Gasteiger partial charge in [0.1, 0.15) is 11.5 Å². The van der Waals surface area contributed by atoms with Crippen molar-refractivity contribution in [2.45, 2.75) is 19.8 Å². The van der Waals surface area contributed by atoms with E-state index in [-0.39, 0.29) is 0 Å². The summed E-state index contributed by atoms with van der Waals surface area (Å²) < 4.78 is 29.3. The Morgan fingerprint density at radius 1 is 0.833 bits per heavy atom. The largest absolute Gasteiger partial charge is 0.462 e. The van der Waals surface area contributed by atoms with Crippen molar-refractivity contribution >= 4 is 39.0 Å². The normalized spacial score (nSPS) is 10.8. The Bertz CT molecular complexity index is 972. The van der Waals surface area contributed by atoms with E-state index in [4.69, 9.17) is 4.74 Å². The first kappa shape index (κ1) is 23.1. The third kappa shape index (κ3) is 8.04. The molecule has 160 valence electrons. The van der Waals surface area contributed by atoms with E-state index in [0.717, 1.165) is 12.8 Å². The number of para-hydroxylation sites is 1. The van der Waals surface area contributed by atoms with Crippen molar-refractivity contribution in [3.8, 4) is 0 Å². The number of benzene rings is 2. The number of ether oxygens (including phenoxy) is 1. The number of hydrogen-bond acceptors (Lipinski definition) is 6. The lowest BCUT2D eigenvalue weighted by Gasteiger charge is -2.08. The van der Waals surface area contributed by atoms with Crippen LogP contribution < -0.4 is 10.6 Å².